The molecule has 0 bridgehead atoms. The van der Waals surface area contributed by atoms with E-state index in [9.17, 15) is 0 Å². The Balaban J connectivity index is 1.86. The third-order valence-corrected chi connectivity index (χ3v) is 4.61. The van der Waals surface area contributed by atoms with Gasteiger partial charge in [0.15, 0.2) is 0 Å². The van der Waals surface area contributed by atoms with Crippen LogP contribution in [-0.2, 0) is 13.0 Å². The summed E-state index contributed by atoms with van der Waals surface area (Å²) in [4.78, 5) is 5.52. The molecule has 0 atom stereocenters. The number of likely N-dealkylation sites (tertiary alicyclic amines) is 1. The van der Waals surface area contributed by atoms with Crippen molar-refractivity contribution in [2.24, 2.45) is 0 Å². The Hall–Kier alpha value is -0.0500. The third kappa shape index (κ3) is 3.20. The Kier molecular flexibility index (Phi) is 4.06. The Bertz CT molecular complexity index is 302. The quantitative estimate of drug-likeness (QED) is 0.735. The van der Waals surface area contributed by atoms with Crippen molar-refractivity contribution < 1.29 is 0 Å². The van der Waals surface area contributed by atoms with Gasteiger partial charge < -0.3 is 0 Å². The lowest BCUT2D eigenvalue weighted by atomic mass is 10.1. The van der Waals surface area contributed by atoms with Crippen LogP contribution in [0.25, 0.3) is 0 Å². The Morgan fingerprint density at radius 2 is 2.00 bits per heavy atom. The van der Waals surface area contributed by atoms with Crippen molar-refractivity contribution in [2.45, 2.75) is 38.1 Å². The zero-order valence-electron chi connectivity index (χ0n) is 9.21. The van der Waals surface area contributed by atoms with Gasteiger partial charge in [-0.1, -0.05) is 6.92 Å². The van der Waals surface area contributed by atoms with E-state index in [2.05, 4.69) is 24.0 Å². The Labute approximate surface area is 101 Å². The number of hydrogen-bond donors (Lipinski definition) is 0. The summed E-state index contributed by atoms with van der Waals surface area (Å²) in [6.45, 7) is 5.66. The molecule has 0 spiro atoms. The normalized spacial score (nSPS) is 19.6. The van der Waals surface area contributed by atoms with Crippen molar-refractivity contribution in [3.63, 3.8) is 0 Å². The maximum Gasteiger partial charge on any atom is 0.0360 e. The number of alkyl halides is 1. The lowest BCUT2D eigenvalue weighted by Gasteiger charge is -2.28. The molecule has 1 aliphatic heterocycles. The van der Waals surface area contributed by atoms with Crippen molar-refractivity contribution in [1.29, 1.82) is 0 Å². The van der Waals surface area contributed by atoms with Gasteiger partial charge in [-0.2, -0.15) is 0 Å². The monoisotopic (exact) mass is 243 g/mol. The lowest BCUT2D eigenvalue weighted by Crippen LogP contribution is -2.33. The van der Waals surface area contributed by atoms with Gasteiger partial charge in [0, 0.05) is 21.7 Å². The van der Waals surface area contributed by atoms with E-state index < -0.39 is 0 Å². The summed E-state index contributed by atoms with van der Waals surface area (Å²) in [5.74, 6) is 0. The van der Waals surface area contributed by atoms with E-state index in [1.54, 1.807) is 0 Å². The van der Waals surface area contributed by atoms with E-state index in [0.717, 1.165) is 38.9 Å². The number of hydrogen-bond acceptors (Lipinski definition) is 2. The summed E-state index contributed by atoms with van der Waals surface area (Å²) in [5.41, 5.74) is 0. The average molecular weight is 244 g/mol. The maximum atomic E-state index is 6.09. The molecule has 0 radical (unpaired) electrons. The number of piperidine rings is 1. The topological polar surface area (TPSA) is 3.24 Å². The van der Waals surface area contributed by atoms with E-state index >= 15 is 0 Å². The summed E-state index contributed by atoms with van der Waals surface area (Å²) >= 11 is 8.04. The SMILES string of the molecule is CCc1ccc(CN2CCC(Cl)CC2)s1. The average Bonchev–Trinajstić information content (AvgIpc) is 2.69. The first-order valence-corrected chi connectivity index (χ1v) is 6.97. The second-order valence-corrected chi connectivity index (χ2v) is 6.04. The molecule has 0 aliphatic carbocycles. The van der Waals surface area contributed by atoms with Crippen LogP contribution in [0.2, 0.25) is 0 Å². The molecule has 84 valence electrons. The number of aryl methyl sites for hydroxylation is 1. The van der Waals surface area contributed by atoms with Crippen LogP contribution in [0, 0.1) is 0 Å². The molecule has 0 aromatic carbocycles. The summed E-state index contributed by atoms with van der Waals surface area (Å²) in [5, 5.41) is 0.413. The zero-order valence-corrected chi connectivity index (χ0v) is 10.8. The van der Waals surface area contributed by atoms with Gasteiger partial charge in [0.2, 0.25) is 0 Å². The highest BCUT2D eigenvalue weighted by atomic mass is 35.5. The minimum atomic E-state index is 0.413. The van der Waals surface area contributed by atoms with Crippen LogP contribution in [0.5, 0.6) is 0 Å². The van der Waals surface area contributed by atoms with Crippen LogP contribution in [0.1, 0.15) is 29.5 Å². The Morgan fingerprint density at radius 3 is 2.60 bits per heavy atom. The predicted molar refractivity (Wildman–Crippen MR) is 67.8 cm³/mol. The van der Waals surface area contributed by atoms with Crippen LogP contribution in [0.3, 0.4) is 0 Å². The Morgan fingerprint density at radius 1 is 1.33 bits per heavy atom. The first-order chi connectivity index (χ1) is 7.28. The number of halogens is 1. The highest BCUT2D eigenvalue weighted by Gasteiger charge is 2.17. The number of thiophene rings is 1. The molecule has 0 amide bonds. The van der Waals surface area contributed by atoms with E-state index in [0.29, 0.717) is 5.38 Å². The molecule has 2 rings (SSSR count). The zero-order chi connectivity index (χ0) is 10.7. The second-order valence-electron chi connectivity index (χ2n) is 4.17. The van der Waals surface area contributed by atoms with Gasteiger partial charge in [-0.3, -0.25) is 4.90 Å². The van der Waals surface area contributed by atoms with Crippen LogP contribution in [0.15, 0.2) is 12.1 Å². The van der Waals surface area contributed by atoms with E-state index in [1.807, 2.05) is 11.3 Å². The largest absolute Gasteiger partial charge is 0.298 e. The van der Waals surface area contributed by atoms with Crippen LogP contribution < -0.4 is 0 Å². The fourth-order valence-corrected chi connectivity index (χ4v) is 3.17. The molecule has 15 heavy (non-hydrogen) atoms. The van der Waals surface area contributed by atoms with Crippen molar-refractivity contribution in [2.75, 3.05) is 13.1 Å². The molecule has 1 saturated heterocycles. The van der Waals surface area contributed by atoms with Gasteiger partial charge >= 0.3 is 0 Å². The van der Waals surface area contributed by atoms with E-state index in [1.165, 1.54) is 9.75 Å². The van der Waals surface area contributed by atoms with Crippen molar-refractivity contribution in [3.05, 3.63) is 21.9 Å². The van der Waals surface area contributed by atoms with Crippen LogP contribution in [-0.4, -0.2) is 23.4 Å². The van der Waals surface area contributed by atoms with Gasteiger partial charge in [0.25, 0.3) is 0 Å². The first kappa shape index (κ1) is 11.4. The smallest absolute Gasteiger partial charge is 0.0360 e. The maximum absolute atomic E-state index is 6.09. The van der Waals surface area contributed by atoms with Crippen molar-refractivity contribution in [3.8, 4) is 0 Å². The van der Waals surface area contributed by atoms with Gasteiger partial charge in [-0.15, -0.1) is 22.9 Å². The van der Waals surface area contributed by atoms with Gasteiger partial charge in [-0.05, 0) is 44.5 Å². The molecule has 0 N–H and O–H groups in total. The molecule has 1 aromatic rings. The fraction of sp³-hybridized carbons (Fsp3) is 0.667. The number of rotatable bonds is 3. The molecule has 1 aliphatic rings. The predicted octanol–water partition coefficient (Wildman–Crippen LogP) is 3.51. The van der Waals surface area contributed by atoms with Crippen molar-refractivity contribution >= 4 is 22.9 Å². The summed E-state index contributed by atoms with van der Waals surface area (Å²) in [7, 11) is 0. The highest BCUT2D eigenvalue weighted by molar-refractivity contribution is 7.11. The molecule has 0 unspecified atom stereocenters. The van der Waals surface area contributed by atoms with Crippen LogP contribution >= 0.6 is 22.9 Å². The molecular weight excluding hydrogens is 226 g/mol. The minimum absolute atomic E-state index is 0.413. The van der Waals surface area contributed by atoms with E-state index in [-0.39, 0.29) is 0 Å². The third-order valence-electron chi connectivity index (χ3n) is 2.96. The molecule has 1 fully saturated rings. The summed E-state index contributed by atoms with van der Waals surface area (Å²) in [6.07, 6.45) is 3.45. The fourth-order valence-electron chi connectivity index (χ4n) is 1.98. The molecule has 2 heterocycles. The molecular formula is C12H18ClNS. The van der Waals surface area contributed by atoms with Gasteiger partial charge in [0.1, 0.15) is 0 Å². The molecule has 1 aromatic heterocycles. The highest BCUT2D eigenvalue weighted by Crippen LogP contribution is 2.22. The first-order valence-electron chi connectivity index (χ1n) is 5.72. The summed E-state index contributed by atoms with van der Waals surface area (Å²) < 4.78 is 0. The minimum Gasteiger partial charge on any atom is -0.298 e. The van der Waals surface area contributed by atoms with Crippen LogP contribution in [0.4, 0.5) is 0 Å². The standard InChI is InChI=1S/C12H18ClNS/c1-2-11-3-4-12(15-11)9-14-7-5-10(13)6-8-14/h3-4,10H,2,5-9H2,1H3. The van der Waals surface area contributed by atoms with Gasteiger partial charge in [0.05, 0.1) is 0 Å². The number of nitrogens with zero attached hydrogens (tertiary/aromatic N) is 1. The van der Waals surface area contributed by atoms with Gasteiger partial charge in [-0.25, -0.2) is 0 Å². The molecule has 1 nitrogen and oxygen atoms in total. The second kappa shape index (κ2) is 5.33. The molecule has 0 saturated carbocycles. The lowest BCUT2D eigenvalue weighted by molar-refractivity contribution is 0.225. The van der Waals surface area contributed by atoms with E-state index in [4.69, 9.17) is 11.6 Å². The molecule has 3 heteroatoms. The summed E-state index contributed by atoms with van der Waals surface area (Å²) in [6, 6.07) is 4.53. The van der Waals surface area contributed by atoms with Crippen molar-refractivity contribution in [1.82, 2.24) is 4.90 Å².